The summed E-state index contributed by atoms with van der Waals surface area (Å²) < 4.78 is 3.47. The number of hydrogen-bond donors (Lipinski definition) is 1. The molecule has 1 heterocycles. The molecule has 1 N–H and O–H groups in total. The van der Waals surface area contributed by atoms with E-state index in [1.54, 1.807) is 0 Å². The third-order valence-corrected chi connectivity index (χ3v) is 5.14. The average Bonchev–Trinajstić information content (AvgIpc) is 2.14. The van der Waals surface area contributed by atoms with Crippen LogP contribution in [0, 0.1) is 0 Å². The normalized spacial score (nSPS) is 30.9. The summed E-state index contributed by atoms with van der Waals surface area (Å²) in [5.74, 6) is 0. The molecule has 2 nitrogen and oxygen atoms in total. The van der Waals surface area contributed by atoms with Crippen LogP contribution < -0.4 is 21.5 Å². The first kappa shape index (κ1) is 7.75. The van der Waals surface area contributed by atoms with Crippen molar-refractivity contribution in [2.24, 2.45) is 0 Å². The summed E-state index contributed by atoms with van der Waals surface area (Å²) in [6.07, 6.45) is -0.0137. The van der Waals surface area contributed by atoms with Crippen molar-refractivity contribution in [3.05, 3.63) is 0 Å². The minimum atomic E-state index is -0.0137. The van der Waals surface area contributed by atoms with Gasteiger partial charge in [0.15, 0.2) is 0 Å². The molecule has 9 heavy (non-hydrogen) atoms. The van der Waals surface area contributed by atoms with E-state index < -0.39 is 0 Å². The minimum absolute atomic E-state index is 0.0137. The molecule has 0 aromatic carbocycles. The molecule has 56 valence electrons. The molecule has 0 aromatic rings. The second-order valence-corrected chi connectivity index (χ2v) is 5.41. The Morgan fingerprint density at radius 3 is 2.56 bits per heavy atom. The molecule has 0 radical (unpaired) electrons. The SMILES string of the molecule is CC(C)N1C[C@@H](O)C[I-]1. The van der Waals surface area contributed by atoms with Crippen molar-refractivity contribution in [1.29, 1.82) is 0 Å². The summed E-state index contributed by atoms with van der Waals surface area (Å²) in [6, 6.07) is 0.648. The van der Waals surface area contributed by atoms with E-state index in [-0.39, 0.29) is 27.6 Å². The molecule has 1 saturated heterocycles. The van der Waals surface area contributed by atoms with Crippen LogP contribution in [0.25, 0.3) is 0 Å². The van der Waals surface area contributed by atoms with Crippen molar-refractivity contribution in [2.45, 2.75) is 26.0 Å². The molecule has 0 spiro atoms. The Morgan fingerprint density at radius 1 is 1.67 bits per heavy atom. The summed E-state index contributed by atoms with van der Waals surface area (Å²) in [5.41, 5.74) is 0. The van der Waals surface area contributed by atoms with Crippen molar-refractivity contribution in [2.75, 3.05) is 11.0 Å². The fourth-order valence-electron chi connectivity index (χ4n) is 0.816. The van der Waals surface area contributed by atoms with Gasteiger partial charge in [-0.15, -0.1) is 0 Å². The van der Waals surface area contributed by atoms with E-state index in [1.807, 2.05) is 0 Å². The van der Waals surface area contributed by atoms with Crippen LogP contribution in [0.1, 0.15) is 13.8 Å². The zero-order valence-corrected chi connectivity index (χ0v) is 8.00. The first-order valence-corrected chi connectivity index (χ1v) is 5.73. The summed E-state index contributed by atoms with van der Waals surface area (Å²) >= 11 is 0.179. The van der Waals surface area contributed by atoms with Gasteiger partial charge < -0.3 is 0 Å². The van der Waals surface area contributed by atoms with Gasteiger partial charge in [-0.25, -0.2) is 0 Å². The maximum atomic E-state index is 9.13. The van der Waals surface area contributed by atoms with Crippen LogP contribution in [0.15, 0.2) is 0 Å². The molecule has 0 amide bonds. The Bertz CT molecular complexity index is 97.1. The standard InChI is InChI=1S/C6H13INO/c1-5(2)8-4-6(9)3-7-8/h5-6,9H,3-4H2,1-2H3/q-1/t6-/m0/s1. The molecule has 1 aliphatic rings. The summed E-state index contributed by atoms with van der Waals surface area (Å²) in [7, 11) is 0. The van der Waals surface area contributed by atoms with E-state index in [4.69, 9.17) is 5.11 Å². The van der Waals surface area contributed by atoms with Crippen LogP contribution >= 0.6 is 0 Å². The van der Waals surface area contributed by atoms with Crippen LogP contribution in [0.4, 0.5) is 0 Å². The Hall–Kier alpha value is 0.650. The molecule has 0 saturated carbocycles. The van der Waals surface area contributed by atoms with Gasteiger partial charge in [0, 0.05) is 0 Å². The monoisotopic (exact) mass is 242 g/mol. The number of aliphatic hydroxyl groups excluding tert-OH is 1. The summed E-state index contributed by atoms with van der Waals surface area (Å²) in [5, 5.41) is 9.13. The summed E-state index contributed by atoms with van der Waals surface area (Å²) in [4.78, 5) is 0. The Balaban J connectivity index is 2.30. The number of alkyl halides is 1. The predicted octanol–water partition coefficient (Wildman–Crippen LogP) is -2.92. The Labute approximate surface area is 66.9 Å². The molecule has 1 aliphatic heterocycles. The van der Waals surface area contributed by atoms with Gasteiger partial charge in [0.1, 0.15) is 0 Å². The molecular formula is C6H13INO-. The predicted molar refractivity (Wildman–Crippen MR) is 32.7 cm³/mol. The van der Waals surface area contributed by atoms with E-state index >= 15 is 0 Å². The van der Waals surface area contributed by atoms with E-state index in [2.05, 4.69) is 17.0 Å². The molecule has 0 bridgehead atoms. The molecular weight excluding hydrogens is 229 g/mol. The van der Waals surface area contributed by atoms with Crippen molar-refractivity contribution in [1.82, 2.24) is 3.11 Å². The quantitative estimate of drug-likeness (QED) is 0.302. The molecule has 0 aliphatic carbocycles. The van der Waals surface area contributed by atoms with Crippen LogP contribution in [0.5, 0.6) is 0 Å². The zero-order valence-electron chi connectivity index (χ0n) is 5.84. The maximum absolute atomic E-state index is 9.13. The van der Waals surface area contributed by atoms with Crippen molar-refractivity contribution < 1.29 is 26.6 Å². The van der Waals surface area contributed by atoms with Crippen molar-refractivity contribution in [3.8, 4) is 0 Å². The van der Waals surface area contributed by atoms with E-state index in [0.717, 1.165) is 11.0 Å². The number of hydrogen-bond acceptors (Lipinski definition) is 2. The van der Waals surface area contributed by atoms with Crippen LogP contribution in [-0.2, 0) is 0 Å². The van der Waals surface area contributed by atoms with Gasteiger partial charge in [0.2, 0.25) is 0 Å². The number of nitrogens with zero attached hydrogens (tertiary/aromatic N) is 1. The van der Waals surface area contributed by atoms with Crippen LogP contribution in [-0.4, -0.2) is 31.3 Å². The average molecular weight is 242 g/mol. The fraction of sp³-hybridized carbons (Fsp3) is 1.00. The first-order valence-electron chi connectivity index (χ1n) is 3.24. The molecule has 1 atom stereocenters. The second-order valence-electron chi connectivity index (χ2n) is 2.60. The molecule has 3 heteroatoms. The number of rotatable bonds is 1. The first-order chi connectivity index (χ1) is 4.20. The van der Waals surface area contributed by atoms with Crippen molar-refractivity contribution >= 4 is 0 Å². The van der Waals surface area contributed by atoms with Gasteiger partial charge >= 0.3 is 66.7 Å². The van der Waals surface area contributed by atoms with Gasteiger partial charge in [0.25, 0.3) is 0 Å². The number of β-amino-alcohol motifs (C(OH)–C–C–N with tert-alkyl or cyclic N) is 1. The number of aliphatic hydroxyl groups is 1. The Morgan fingerprint density at radius 2 is 2.33 bits per heavy atom. The van der Waals surface area contributed by atoms with Gasteiger partial charge in [-0.05, 0) is 0 Å². The topological polar surface area (TPSA) is 23.5 Å². The zero-order chi connectivity index (χ0) is 6.85. The summed E-state index contributed by atoms with van der Waals surface area (Å²) in [6.45, 7) is 5.31. The Kier molecular flexibility index (Phi) is 2.73. The molecule has 0 unspecified atom stereocenters. The van der Waals surface area contributed by atoms with Crippen LogP contribution in [0.3, 0.4) is 0 Å². The van der Waals surface area contributed by atoms with E-state index in [0.29, 0.717) is 6.04 Å². The molecule has 1 fully saturated rings. The third kappa shape index (κ3) is 2.05. The van der Waals surface area contributed by atoms with Gasteiger partial charge in [-0.2, -0.15) is 0 Å². The molecule has 0 aromatic heterocycles. The third-order valence-electron chi connectivity index (χ3n) is 1.35. The fourth-order valence-corrected chi connectivity index (χ4v) is 3.58. The molecule has 1 rings (SSSR count). The van der Waals surface area contributed by atoms with Gasteiger partial charge in [-0.1, -0.05) is 0 Å². The van der Waals surface area contributed by atoms with E-state index in [1.165, 1.54) is 0 Å². The number of halogens is 1. The van der Waals surface area contributed by atoms with E-state index in [9.17, 15) is 0 Å². The van der Waals surface area contributed by atoms with Gasteiger partial charge in [-0.3, -0.25) is 0 Å². The van der Waals surface area contributed by atoms with Gasteiger partial charge in [0.05, 0.1) is 0 Å². The second kappa shape index (κ2) is 3.16. The van der Waals surface area contributed by atoms with Crippen molar-refractivity contribution in [3.63, 3.8) is 0 Å². The van der Waals surface area contributed by atoms with Crippen LogP contribution in [0.2, 0.25) is 0 Å².